The lowest BCUT2D eigenvalue weighted by Crippen LogP contribution is -2.74. The molecule has 3 aliphatic heterocycles. The number of fused-ring (bicyclic) bond motifs is 4. The molecule has 2 saturated heterocycles. The maximum Gasteiger partial charge on any atom is 0.0652 e. The number of aliphatic hydroxyl groups excluding tert-OH is 1. The van der Waals surface area contributed by atoms with Crippen molar-refractivity contribution in [3.63, 3.8) is 0 Å². The highest BCUT2D eigenvalue weighted by molar-refractivity contribution is 5.54. The van der Waals surface area contributed by atoms with Crippen molar-refractivity contribution in [2.75, 3.05) is 13.2 Å². The van der Waals surface area contributed by atoms with Gasteiger partial charge in [-0.1, -0.05) is 49.3 Å². The van der Waals surface area contributed by atoms with Crippen LogP contribution in [-0.4, -0.2) is 46.4 Å². The summed E-state index contributed by atoms with van der Waals surface area (Å²) in [6, 6.07) is 0. The normalized spacial score (nSPS) is 60.7. The van der Waals surface area contributed by atoms with Gasteiger partial charge in [-0.25, -0.2) is 0 Å². The highest BCUT2D eigenvalue weighted by atomic mass is 16.5. The second-order valence-corrected chi connectivity index (χ2v) is 18.8. The van der Waals surface area contributed by atoms with Crippen molar-refractivity contribution >= 4 is 0 Å². The zero-order chi connectivity index (χ0) is 29.9. The van der Waals surface area contributed by atoms with E-state index in [2.05, 4.69) is 56.9 Å². The van der Waals surface area contributed by atoms with E-state index in [9.17, 15) is 5.11 Å². The second-order valence-electron chi connectivity index (χ2n) is 18.8. The Morgan fingerprint density at radius 3 is 2.77 bits per heavy atom. The van der Waals surface area contributed by atoms with Crippen LogP contribution in [0.25, 0.3) is 0 Å². The van der Waals surface area contributed by atoms with Gasteiger partial charge in [0.25, 0.3) is 0 Å². The summed E-state index contributed by atoms with van der Waals surface area (Å²) >= 11 is 0. The minimum atomic E-state index is 0.0551. The number of ether oxygens (including phenoxy) is 1. The third-order valence-electron chi connectivity index (χ3n) is 18.1. The van der Waals surface area contributed by atoms with E-state index in [-0.39, 0.29) is 11.0 Å². The van der Waals surface area contributed by atoms with Crippen molar-refractivity contribution in [2.45, 2.75) is 147 Å². The summed E-state index contributed by atoms with van der Waals surface area (Å²) in [5, 5.41) is 9.69. The standard InChI is InChI=1S/C41H59NO2/c1-26-10-19-40-27(2)23-37(16-11-30-21-31-9-8-28(3)44-35(31)22-33(30)37)41(24-34(26)40)36(40,4)14-6-15-39(41)18-13-32-29(7-5-20-43)12-17-38(32)25-42(38)39/h6,13,15,18,27-33,35,43H,5,7-12,14,16-17,19-25H2,1-4H3. The quantitative estimate of drug-likeness (QED) is 0.261. The zero-order valence-corrected chi connectivity index (χ0v) is 28.3. The van der Waals surface area contributed by atoms with Gasteiger partial charge in [-0.3, -0.25) is 4.90 Å². The van der Waals surface area contributed by atoms with Gasteiger partial charge in [0.2, 0.25) is 0 Å². The van der Waals surface area contributed by atoms with E-state index >= 15 is 0 Å². The van der Waals surface area contributed by atoms with Crippen molar-refractivity contribution in [1.29, 1.82) is 0 Å². The number of aliphatic hydroxyl groups is 1. The minimum Gasteiger partial charge on any atom is -0.396 e. The van der Waals surface area contributed by atoms with Gasteiger partial charge in [0.15, 0.2) is 0 Å². The van der Waals surface area contributed by atoms with E-state index in [1.807, 2.05) is 5.57 Å². The van der Waals surface area contributed by atoms with Gasteiger partial charge in [0, 0.05) is 29.5 Å². The Morgan fingerprint density at radius 1 is 1.02 bits per heavy atom. The molecule has 0 aromatic rings. The topological polar surface area (TPSA) is 32.5 Å². The van der Waals surface area contributed by atoms with E-state index in [4.69, 9.17) is 4.74 Å². The van der Waals surface area contributed by atoms with E-state index in [1.54, 1.807) is 5.57 Å². The first-order chi connectivity index (χ1) is 21.2. The smallest absolute Gasteiger partial charge is 0.0652 e. The number of hydrogen-bond donors (Lipinski definition) is 1. The van der Waals surface area contributed by atoms with Gasteiger partial charge >= 0.3 is 0 Å². The molecule has 5 saturated carbocycles. The van der Waals surface area contributed by atoms with Crippen LogP contribution >= 0.6 is 0 Å². The lowest BCUT2D eigenvalue weighted by atomic mass is 9.31. The van der Waals surface area contributed by atoms with E-state index in [0.717, 1.165) is 36.0 Å². The van der Waals surface area contributed by atoms with Crippen LogP contribution in [0, 0.1) is 57.2 Å². The summed E-state index contributed by atoms with van der Waals surface area (Å²) in [6.45, 7) is 12.2. The Balaban J connectivity index is 1.17. The molecular formula is C41H59NO2. The molecule has 3 heteroatoms. The Kier molecular flexibility index (Phi) is 5.60. The van der Waals surface area contributed by atoms with Crippen LogP contribution in [0.3, 0.4) is 0 Å². The van der Waals surface area contributed by atoms with Gasteiger partial charge < -0.3 is 9.84 Å². The molecule has 0 aromatic carbocycles. The summed E-state index contributed by atoms with van der Waals surface area (Å²) in [4.78, 5) is 3.15. The predicted molar refractivity (Wildman–Crippen MR) is 176 cm³/mol. The predicted octanol–water partition coefficient (Wildman–Crippen LogP) is 8.63. The molecule has 2 bridgehead atoms. The molecular weight excluding hydrogens is 538 g/mol. The van der Waals surface area contributed by atoms with Crippen LogP contribution in [0.1, 0.15) is 124 Å². The molecule has 240 valence electrons. The SMILES string of the molecule is CC1=C2CC34C5(CCC6CC7CCC(C)OC7CC65)CC(C)C2(CC1)C3(C)CC=CC41C=CC2C(CCCO)CCC23CN31. The van der Waals surface area contributed by atoms with E-state index in [0.29, 0.717) is 46.5 Å². The molecule has 44 heavy (non-hydrogen) atoms. The van der Waals surface area contributed by atoms with Crippen LogP contribution in [-0.2, 0) is 4.74 Å². The second kappa shape index (κ2) is 8.76. The zero-order valence-electron chi connectivity index (χ0n) is 28.3. The molecule has 0 radical (unpaired) electrons. The number of rotatable bonds is 3. The molecule has 3 heterocycles. The van der Waals surface area contributed by atoms with Crippen LogP contribution in [0.2, 0.25) is 0 Å². The molecule has 4 spiro atoms. The Hall–Kier alpha value is -0.900. The van der Waals surface area contributed by atoms with Crippen molar-refractivity contribution in [3.8, 4) is 0 Å². The molecule has 1 N–H and O–H groups in total. The van der Waals surface area contributed by atoms with Crippen LogP contribution in [0.5, 0.6) is 0 Å². The van der Waals surface area contributed by atoms with Crippen molar-refractivity contribution in [3.05, 3.63) is 35.5 Å². The molecule has 15 atom stereocenters. The monoisotopic (exact) mass is 597 g/mol. The Labute approximate surface area is 267 Å². The summed E-state index contributed by atoms with van der Waals surface area (Å²) in [5.41, 5.74) is 5.52. The molecule has 0 amide bonds. The lowest BCUT2D eigenvalue weighted by Gasteiger charge is -2.74. The summed E-state index contributed by atoms with van der Waals surface area (Å²) in [7, 11) is 0. The number of hydrogen-bond acceptors (Lipinski definition) is 3. The molecule has 0 aromatic heterocycles. The fourth-order valence-corrected chi connectivity index (χ4v) is 16.9. The molecule has 3 nitrogen and oxygen atoms in total. The minimum absolute atomic E-state index is 0.0551. The van der Waals surface area contributed by atoms with Crippen molar-refractivity contribution < 1.29 is 9.84 Å². The Morgan fingerprint density at radius 2 is 1.91 bits per heavy atom. The first-order valence-corrected chi connectivity index (χ1v) is 19.3. The van der Waals surface area contributed by atoms with Gasteiger partial charge in [-0.15, -0.1) is 0 Å². The summed E-state index contributed by atoms with van der Waals surface area (Å²) < 4.78 is 6.89. The fourth-order valence-electron chi connectivity index (χ4n) is 16.9. The maximum atomic E-state index is 9.69. The lowest BCUT2D eigenvalue weighted by molar-refractivity contribution is -0.242. The largest absolute Gasteiger partial charge is 0.396 e. The van der Waals surface area contributed by atoms with Gasteiger partial charge in [-0.2, -0.15) is 0 Å². The summed E-state index contributed by atoms with van der Waals surface area (Å²) in [6.07, 6.45) is 32.3. The van der Waals surface area contributed by atoms with Crippen molar-refractivity contribution in [2.24, 2.45) is 57.2 Å². The van der Waals surface area contributed by atoms with Gasteiger partial charge in [-0.05, 0) is 156 Å². The molecule has 7 aliphatic carbocycles. The third kappa shape index (κ3) is 2.82. The van der Waals surface area contributed by atoms with Gasteiger partial charge in [0.1, 0.15) is 0 Å². The Bertz CT molecular complexity index is 1360. The highest BCUT2D eigenvalue weighted by Crippen LogP contribution is 2.90. The van der Waals surface area contributed by atoms with Gasteiger partial charge in [0.05, 0.1) is 17.7 Å². The molecule has 7 fully saturated rings. The highest BCUT2D eigenvalue weighted by Gasteiger charge is 2.88. The van der Waals surface area contributed by atoms with E-state index < -0.39 is 0 Å². The fraction of sp³-hybridized carbons (Fsp3) is 0.854. The first-order valence-electron chi connectivity index (χ1n) is 19.3. The number of nitrogens with zero attached hydrogens (tertiary/aromatic N) is 1. The van der Waals surface area contributed by atoms with Crippen LogP contribution in [0.15, 0.2) is 35.5 Å². The average molecular weight is 598 g/mol. The van der Waals surface area contributed by atoms with E-state index in [1.165, 1.54) is 96.4 Å². The van der Waals surface area contributed by atoms with Crippen LogP contribution < -0.4 is 0 Å². The molecule has 10 aliphatic rings. The third-order valence-corrected chi connectivity index (χ3v) is 18.1. The van der Waals surface area contributed by atoms with Crippen molar-refractivity contribution in [1.82, 2.24) is 4.90 Å². The summed E-state index contributed by atoms with van der Waals surface area (Å²) in [5.74, 6) is 4.76. The van der Waals surface area contributed by atoms with Crippen LogP contribution in [0.4, 0.5) is 0 Å². The molecule has 10 rings (SSSR count). The first kappa shape index (κ1) is 28.1. The average Bonchev–Trinajstić information content (AvgIpc) is 3.21. The maximum absolute atomic E-state index is 9.69. The number of allylic oxidation sites excluding steroid dienone is 3. The molecule has 15 unspecified atom stereocenters.